The highest BCUT2D eigenvalue weighted by Gasteiger charge is 2.43. The lowest BCUT2D eigenvalue weighted by Crippen LogP contribution is -2.60. The summed E-state index contributed by atoms with van der Waals surface area (Å²) >= 11 is 0. The zero-order valence-corrected chi connectivity index (χ0v) is 12.7. The number of carbonyl (C=O) groups is 1. The van der Waals surface area contributed by atoms with Gasteiger partial charge in [-0.1, -0.05) is 43.2 Å². The summed E-state index contributed by atoms with van der Waals surface area (Å²) < 4.78 is 5.74. The molecule has 4 heteroatoms. The number of hydrogen-bond acceptors (Lipinski definition) is 3. The van der Waals surface area contributed by atoms with Crippen molar-refractivity contribution in [2.45, 2.75) is 43.7 Å². The van der Waals surface area contributed by atoms with Crippen molar-refractivity contribution in [1.82, 2.24) is 10.6 Å². The number of carbonyl (C=O) groups excluding carboxylic acids is 1. The molecule has 2 N–H and O–H groups in total. The molecule has 0 spiro atoms. The molecule has 1 atom stereocenters. The van der Waals surface area contributed by atoms with E-state index < -0.39 is 5.60 Å². The van der Waals surface area contributed by atoms with E-state index in [1.807, 2.05) is 25.1 Å². The Kier molecular flexibility index (Phi) is 4.00. The molecular weight excluding hydrogens is 264 g/mol. The number of rotatable bonds is 3. The van der Waals surface area contributed by atoms with Gasteiger partial charge in [-0.2, -0.15) is 0 Å². The van der Waals surface area contributed by atoms with Crippen LogP contribution in [0.2, 0.25) is 0 Å². The number of hydrogen-bond donors (Lipinski definition) is 2. The Hall–Kier alpha value is -1.39. The molecule has 1 aliphatic carbocycles. The maximum atomic E-state index is 12.8. The summed E-state index contributed by atoms with van der Waals surface area (Å²) in [5.74, 6) is 0.000420. The third kappa shape index (κ3) is 2.83. The van der Waals surface area contributed by atoms with Crippen molar-refractivity contribution in [3.05, 3.63) is 35.9 Å². The molecule has 1 aliphatic heterocycles. The Labute approximate surface area is 126 Å². The molecule has 2 aliphatic rings. The van der Waals surface area contributed by atoms with E-state index in [2.05, 4.69) is 22.8 Å². The fourth-order valence-electron chi connectivity index (χ4n) is 3.44. The van der Waals surface area contributed by atoms with Gasteiger partial charge in [0, 0.05) is 13.1 Å². The molecule has 3 rings (SSSR count). The van der Waals surface area contributed by atoms with Gasteiger partial charge in [-0.25, -0.2) is 0 Å². The van der Waals surface area contributed by atoms with Crippen molar-refractivity contribution in [1.29, 1.82) is 0 Å². The summed E-state index contributed by atoms with van der Waals surface area (Å²) in [5.41, 5.74) is 0.230. The van der Waals surface area contributed by atoms with Gasteiger partial charge in [0.2, 0.25) is 0 Å². The number of benzene rings is 1. The van der Waals surface area contributed by atoms with Crippen LogP contribution in [0.1, 0.15) is 38.2 Å². The first-order valence-electron chi connectivity index (χ1n) is 7.88. The van der Waals surface area contributed by atoms with Gasteiger partial charge in [-0.05, 0) is 25.3 Å². The number of nitrogens with one attached hydrogen (secondary N) is 2. The van der Waals surface area contributed by atoms with E-state index in [4.69, 9.17) is 4.74 Å². The standard InChI is InChI=1S/C17H24N2O2/c1-16(13-18-11-12-21-16)15(20)19-17(9-5-6-10-17)14-7-3-2-4-8-14/h2-4,7-8,18H,5-6,9-13H2,1H3,(H,19,20). The second kappa shape index (κ2) is 5.78. The fraction of sp³-hybridized carbons (Fsp3) is 0.588. The number of ether oxygens (including phenoxy) is 1. The third-order valence-electron chi connectivity index (χ3n) is 4.78. The molecule has 1 unspecified atom stereocenters. The molecule has 0 aromatic heterocycles. The second-order valence-corrected chi connectivity index (χ2v) is 6.37. The van der Waals surface area contributed by atoms with Gasteiger partial charge in [0.25, 0.3) is 5.91 Å². The molecule has 114 valence electrons. The summed E-state index contributed by atoms with van der Waals surface area (Å²) in [5, 5.41) is 6.56. The normalized spacial score (nSPS) is 28.2. The minimum absolute atomic E-state index is 0.000420. The zero-order chi connectivity index (χ0) is 14.8. The number of morpholine rings is 1. The summed E-state index contributed by atoms with van der Waals surface area (Å²) in [6.07, 6.45) is 4.33. The molecule has 4 nitrogen and oxygen atoms in total. The molecule has 0 bridgehead atoms. The van der Waals surface area contributed by atoms with Crippen molar-refractivity contribution in [2.24, 2.45) is 0 Å². The lowest BCUT2D eigenvalue weighted by Gasteiger charge is -2.38. The maximum absolute atomic E-state index is 12.8. The Balaban J connectivity index is 1.81. The lowest BCUT2D eigenvalue weighted by atomic mass is 9.87. The van der Waals surface area contributed by atoms with Crippen molar-refractivity contribution in [3.63, 3.8) is 0 Å². The molecular formula is C17H24N2O2. The second-order valence-electron chi connectivity index (χ2n) is 6.37. The smallest absolute Gasteiger partial charge is 0.253 e. The molecule has 1 saturated carbocycles. The van der Waals surface area contributed by atoms with Crippen LogP contribution in [-0.4, -0.2) is 31.2 Å². The Bertz CT molecular complexity index is 489. The van der Waals surface area contributed by atoms with Crippen LogP contribution in [0.15, 0.2) is 30.3 Å². The monoisotopic (exact) mass is 288 g/mol. The van der Waals surface area contributed by atoms with Crippen molar-refractivity contribution < 1.29 is 9.53 Å². The first kappa shape index (κ1) is 14.5. The van der Waals surface area contributed by atoms with Crippen LogP contribution in [0.25, 0.3) is 0 Å². The van der Waals surface area contributed by atoms with E-state index >= 15 is 0 Å². The Morgan fingerprint density at radius 2 is 1.95 bits per heavy atom. The van der Waals surface area contributed by atoms with Gasteiger partial charge in [0.1, 0.15) is 0 Å². The molecule has 0 radical (unpaired) electrons. The topological polar surface area (TPSA) is 50.4 Å². The van der Waals surface area contributed by atoms with Gasteiger partial charge < -0.3 is 15.4 Å². The minimum Gasteiger partial charge on any atom is -0.363 e. The minimum atomic E-state index is -0.761. The highest BCUT2D eigenvalue weighted by atomic mass is 16.5. The van der Waals surface area contributed by atoms with Crippen molar-refractivity contribution in [2.75, 3.05) is 19.7 Å². The first-order valence-corrected chi connectivity index (χ1v) is 7.88. The van der Waals surface area contributed by atoms with Crippen LogP contribution in [0.5, 0.6) is 0 Å². The Morgan fingerprint density at radius 3 is 2.57 bits per heavy atom. The van der Waals surface area contributed by atoms with Gasteiger partial charge in [-0.3, -0.25) is 4.79 Å². The molecule has 2 fully saturated rings. The highest BCUT2D eigenvalue weighted by molar-refractivity contribution is 5.86. The summed E-state index contributed by atoms with van der Waals surface area (Å²) in [7, 11) is 0. The van der Waals surface area contributed by atoms with Crippen LogP contribution < -0.4 is 10.6 Å². The van der Waals surface area contributed by atoms with E-state index in [0.717, 1.165) is 32.2 Å². The SMILES string of the molecule is CC1(C(=O)NC2(c3ccccc3)CCCC2)CNCCO1. The summed E-state index contributed by atoms with van der Waals surface area (Å²) in [6.45, 7) is 3.85. The van der Waals surface area contributed by atoms with Gasteiger partial charge in [0.05, 0.1) is 12.1 Å². The van der Waals surface area contributed by atoms with E-state index in [9.17, 15) is 4.79 Å². The highest BCUT2D eigenvalue weighted by Crippen LogP contribution is 2.39. The van der Waals surface area contributed by atoms with E-state index in [-0.39, 0.29) is 11.4 Å². The average molecular weight is 288 g/mol. The third-order valence-corrected chi connectivity index (χ3v) is 4.78. The maximum Gasteiger partial charge on any atom is 0.253 e. The zero-order valence-electron chi connectivity index (χ0n) is 12.7. The van der Waals surface area contributed by atoms with Crippen molar-refractivity contribution in [3.8, 4) is 0 Å². The summed E-state index contributed by atoms with van der Waals surface area (Å²) in [4.78, 5) is 12.8. The van der Waals surface area contributed by atoms with E-state index in [1.165, 1.54) is 5.56 Å². The van der Waals surface area contributed by atoms with Crippen LogP contribution in [0.4, 0.5) is 0 Å². The molecule has 1 heterocycles. The largest absolute Gasteiger partial charge is 0.363 e. The van der Waals surface area contributed by atoms with Gasteiger partial charge in [-0.15, -0.1) is 0 Å². The molecule has 1 aromatic carbocycles. The predicted octanol–water partition coefficient (Wildman–Crippen LogP) is 1.95. The van der Waals surface area contributed by atoms with E-state index in [0.29, 0.717) is 13.2 Å². The molecule has 1 amide bonds. The molecule has 21 heavy (non-hydrogen) atoms. The van der Waals surface area contributed by atoms with Gasteiger partial charge in [0.15, 0.2) is 5.60 Å². The quantitative estimate of drug-likeness (QED) is 0.894. The lowest BCUT2D eigenvalue weighted by molar-refractivity contribution is -0.150. The van der Waals surface area contributed by atoms with Gasteiger partial charge >= 0.3 is 0 Å². The van der Waals surface area contributed by atoms with E-state index in [1.54, 1.807) is 0 Å². The van der Waals surface area contributed by atoms with Crippen LogP contribution in [0.3, 0.4) is 0 Å². The fourth-order valence-corrected chi connectivity index (χ4v) is 3.44. The average Bonchev–Trinajstić information content (AvgIpc) is 2.99. The first-order chi connectivity index (χ1) is 10.1. The van der Waals surface area contributed by atoms with Crippen LogP contribution >= 0.6 is 0 Å². The summed E-state index contributed by atoms with van der Waals surface area (Å²) in [6, 6.07) is 10.3. The molecule has 1 aromatic rings. The number of amides is 1. The predicted molar refractivity (Wildman–Crippen MR) is 82.0 cm³/mol. The van der Waals surface area contributed by atoms with Crippen LogP contribution in [-0.2, 0) is 15.1 Å². The molecule has 1 saturated heterocycles. The van der Waals surface area contributed by atoms with Crippen LogP contribution in [0, 0.1) is 0 Å². The Morgan fingerprint density at radius 1 is 1.24 bits per heavy atom. The van der Waals surface area contributed by atoms with Crippen molar-refractivity contribution >= 4 is 5.91 Å².